The number of rotatable bonds is 5. The maximum absolute atomic E-state index is 12.0. The second-order valence-electron chi connectivity index (χ2n) is 5.23. The molecule has 0 amide bonds. The van der Waals surface area contributed by atoms with Crippen molar-refractivity contribution in [1.29, 1.82) is 0 Å². The number of nitrogens with one attached hydrogen (secondary N) is 1. The molecule has 0 saturated carbocycles. The monoisotopic (exact) mass is 269 g/mol. The van der Waals surface area contributed by atoms with Gasteiger partial charge in [-0.1, -0.05) is 12.1 Å². The van der Waals surface area contributed by atoms with Gasteiger partial charge in [-0.05, 0) is 52.3 Å². The van der Waals surface area contributed by atoms with Crippen molar-refractivity contribution in [1.82, 2.24) is 4.72 Å². The Balaban J connectivity index is 2.75. The van der Waals surface area contributed by atoms with Crippen molar-refractivity contribution in [2.75, 3.05) is 6.61 Å². The van der Waals surface area contributed by atoms with E-state index in [2.05, 4.69) is 4.72 Å². The van der Waals surface area contributed by atoms with E-state index in [9.17, 15) is 4.21 Å². The standard InChI is InChI=1S/C14H23NO2S/c1-6-17-13-9-7-8-12(10-13)11(2)15-18(16)14(3,4)5/h7-11,15H,6H2,1-5H3/t11-,18?/m1/s1. The van der Waals surface area contributed by atoms with Crippen molar-refractivity contribution < 1.29 is 8.95 Å². The quantitative estimate of drug-likeness (QED) is 0.891. The van der Waals surface area contributed by atoms with E-state index in [1.165, 1.54) is 0 Å². The fourth-order valence-electron chi connectivity index (χ4n) is 1.45. The van der Waals surface area contributed by atoms with Crippen LogP contribution in [0.1, 0.15) is 46.2 Å². The summed E-state index contributed by atoms with van der Waals surface area (Å²) in [5, 5.41) is 0. The minimum absolute atomic E-state index is 0.0328. The van der Waals surface area contributed by atoms with Crippen LogP contribution in [0, 0.1) is 0 Å². The van der Waals surface area contributed by atoms with E-state index in [1.807, 2.05) is 58.9 Å². The van der Waals surface area contributed by atoms with E-state index in [0.717, 1.165) is 11.3 Å². The van der Waals surface area contributed by atoms with E-state index in [-0.39, 0.29) is 10.8 Å². The molecule has 3 nitrogen and oxygen atoms in total. The highest BCUT2D eigenvalue weighted by Crippen LogP contribution is 2.21. The summed E-state index contributed by atoms with van der Waals surface area (Å²) >= 11 is 0. The normalized spacial score (nSPS) is 15.2. The number of hydrogen-bond acceptors (Lipinski definition) is 2. The second kappa shape index (κ2) is 6.34. The molecular weight excluding hydrogens is 246 g/mol. The minimum Gasteiger partial charge on any atom is -0.494 e. The third-order valence-corrected chi connectivity index (χ3v) is 4.19. The molecule has 0 aliphatic rings. The molecule has 0 heterocycles. The average Bonchev–Trinajstić information content (AvgIpc) is 2.28. The van der Waals surface area contributed by atoms with Gasteiger partial charge in [-0.2, -0.15) is 0 Å². The lowest BCUT2D eigenvalue weighted by atomic mass is 10.1. The predicted molar refractivity (Wildman–Crippen MR) is 77.1 cm³/mol. The molecule has 2 atom stereocenters. The van der Waals surface area contributed by atoms with Gasteiger partial charge in [0.25, 0.3) is 0 Å². The summed E-state index contributed by atoms with van der Waals surface area (Å²) in [6.45, 7) is 10.5. The van der Waals surface area contributed by atoms with Crippen molar-refractivity contribution in [2.24, 2.45) is 0 Å². The van der Waals surface area contributed by atoms with Gasteiger partial charge in [-0.3, -0.25) is 0 Å². The molecule has 0 fully saturated rings. The lowest BCUT2D eigenvalue weighted by Crippen LogP contribution is -2.34. The zero-order chi connectivity index (χ0) is 13.8. The summed E-state index contributed by atoms with van der Waals surface area (Å²) < 4.78 is 20.4. The van der Waals surface area contributed by atoms with E-state index < -0.39 is 11.0 Å². The molecule has 0 aliphatic heterocycles. The molecule has 102 valence electrons. The highest BCUT2D eigenvalue weighted by atomic mass is 32.2. The first-order chi connectivity index (χ1) is 8.34. The molecule has 0 aromatic heterocycles. The Hall–Kier alpha value is -0.870. The van der Waals surface area contributed by atoms with Crippen LogP contribution in [0.15, 0.2) is 24.3 Å². The summed E-state index contributed by atoms with van der Waals surface area (Å²) in [6.07, 6.45) is 0. The van der Waals surface area contributed by atoms with Crippen LogP contribution in [0.25, 0.3) is 0 Å². The predicted octanol–water partition coefficient (Wildman–Crippen LogP) is 3.20. The summed E-state index contributed by atoms with van der Waals surface area (Å²) in [5.74, 6) is 0.852. The number of benzene rings is 1. The van der Waals surface area contributed by atoms with E-state index >= 15 is 0 Å². The first-order valence-corrected chi connectivity index (χ1v) is 7.40. The molecule has 1 N–H and O–H groups in total. The van der Waals surface area contributed by atoms with Crippen molar-refractivity contribution in [3.63, 3.8) is 0 Å². The summed E-state index contributed by atoms with van der Waals surface area (Å²) in [4.78, 5) is 0. The Bertz CT molecular complexity index is 413. The van der Waals surface area contributed by atoms with Crippen LogP contribution in [0.4, 0.5) is 0 Å². The van der Waals surface area contributed by atoms with Gasteiger partial charge in [-0.25, -0.2) is 8.93 Å². The van der Waals surface area contributed by atoms with E-state index in [4.69, 9.17) is 4.74 Å². The Morgan fingerprint density at radius 2 is 2.06 bits per heavy atom. The van der Waals surface area contributed by atoms with E-state index in [1.54, 1.807) is 0 Å². The van der Waals surface area contributed by atoms with Gasteiger partial charge in [0.15, 0.2) is 0 Å². The number of hydrogen-bond donors (Lipinski definition) is 1. The summed E-state index contributed by atoms with van der Waals surface area (Å²) in [7, 11) is -1.07. The van der Waals surface area contributed by atoms with Gasteiger partial charge in [0.05, 0.1) is 22.3 Å². The third kappa shape index (κ3) is 4.42. The smallest absolute Gasteiger partial charge is 0.119 e. The summed E-state index contributed by atoms with van der Waals surface area (Å²) in [6, 6.07) is 7.92. The lowest BCUT2D eigenvalue weighted by Gasteiger charge is -2.22. The van der Waals surface area contributed by atoms with Crippen molar-refractivity contribution >= 4 is 11.0 Å². The van der Waals surface area contributed by atoms with Crippen molar-refractivity contribution in [3.05, 3.63) is 29.8 Å². The Morgan fingerprint density at radius 1 is 1.39 bits per heavy atom. The number of ether oxygens (including phenoxy) is 1. The van der Waals surface area contributed by atoms with Gasteiger partial charge in [0.2, 0.25) is 0 Å². The van der Waals surface area contributed by atoms with Crippen LogP contribution in [0.3, 0.4) is 0 Å². The topological polar surface area (TPSA) is 38.3 Å². The fraction of sp³-hybridized carbons (Fsp3) is 0.571. The highest BCUT2D eigenvalue weighted by Gasteiger charge is 2.21. The zero-order valence-corrected chi connectivity index (χ0v) is 12.6. The van der Waals surface area contributed by atoms with Crippen molar-refractivity contribution in [2.45, 2.75) is 45.4 Å². The molecular formula is C14H23NO2S. The average molecular weight is 269 g/mol. The largest absolute Gasteiger partial charge is 0.494 e. The Morgan fingerprint density at radius 3 is 2.61 bits per heavy atom. The zero-order valence-electron chi connectivity index (χ0n) is 11.8. The molecule has 4 heteroatoms. The fourth-order valence-corrected chi connectivity index (χ4v) is 2.26. The van der Waals surface area contributed by atoms with Crippen LogP contribution in [-0.4, -0.2) is 15.6 Å². The molecule has 1 aromatic carbocycles. The highest BCUT2D eigenvalue weighted by molar-refractivity contribution is 7.84. The van der Waals surface area contributed by atoms with Gasteiger partial charge in [0, 0.05) is 6.04 Å². The molecule has 0 radical (unpaired) electrons. The molecule has 0 saturated heterocycles. The molecule has 18 heavy (non-hydrogen) atoms. The van der Waals surface area contributed by atoms with Crippen LogP contribution < -0.4 is 9.46 Å². The molecule has 1 rings (SSSR count). The van der Waals surface area contributed by atoms with Crippen LogP contribution >= 0.6 is 0 Å². The van der Waals surface area contributed by atoms with Gasteiger partial charge >= 0.3 is 0 Å². The van der Waals surface area contributed by atoms with Crippen molar-refractivity contribution in [3.8, 4) is 5.75 Å². The maximum Gasteiger partial charge on any atom is 0.119 e. The van der Waals surface area contributed by atoms with Crippen LogP contribution in [0.5, 0.6) is 5.75 Å². The van der Waals surface area contributed by atoms with E-state index in [0.29, 0.717) is 6.61 Å². The van der Waals surface area contributed by atoms with Gasteiger partial charge in [-0.15, -0.1) is 0 Å². The molecule has 0 spiro atoms. The first-order valence-electron chi connectivity index (χ1n) is 6.25. The Kier molecular flexibility index (Phi) is 5.35. The Labute approximate surface area is 113 Å². The molecule has 1 aromatic rings. The third-order valence-electron chi connectivity index (χ3n) is 2.51. The second-order valence-corrected chi connectivity index (χ2v) is 7.22. The first kappa shape index (κ1) is 15.2. The SMILES string of the molecule is CCOc1cccc([C@@H](C)NS(=O)C(C)(C)C)c1. The molecule has 0 aliphatic carbocycles. The molecule has 0 bridgehead atoms. The van der Waals surface area contributed by atoms with Crippen LogP contribution in [-0.2, 0) is 11.0 Å². The molecule has 1 unspecified atom stereocenters. The minimum atomic E-state index is -1.07. The maximum atomic E-state index is 12.0. The summed E-state index contributed by atoms with van der Waals surface area (Å²) in [5.41, 5.74) is 1.08. The van der Waals surface area contributed by atoms with Crippen LogP contribution in [0.2, 0.25) is 0 Å². The van der Waals surface area contributed by atoms with Gasteiger partial charge in [0.1, 0.15) is 5.75 Å². The van der Waals surface area contributed by atoms with Gasteiger partial charge < -0.3 is 4.74 Å². The lowest BCUT2D eigenvalue weighted by molar-refractivity contribution is 0.339.